The number of fused-ring (bicyclic) bond motifs is 1. The maximum atomic E-state index is 5.02. The van der Waals surface area contributed by atoms with Crippen LogP contribution in [0.1, 0.15) is 29.3 Å². The van der Waals surface area contributed by atoms with Crippen LogP contribution < -0.4 is 5.32 Å². The fourth-order valence-corrected chi connectivity index (χ4v) is 4.79. The summed E-state index contributed by atoms with van der Waals surface area (Å²) in [7, 11) is 0. The third-order valence-electron chi connectivity index (χ3n) is 6.77. The molecule has 0 aliphatic rings. The van der Waals surface area contributed by atoms with Crippen molar-refractivity contribution in [1.82, 2.24) is 19.3 Å². The first-order chi connectivity index (χ1) is 18.7. The molecule has 0 bridgehead atoms. The van der Waals surface area contributed by atoms with Crippen LogP contribution in [0.3, 0.4) is 0 Å². The van der Waals surface area contributed by atoms with E-state index in [9.17, 15) is 0 Å². The maximum Gasteiger partial charge on any atom is 0.209 e. The van der Waals surface area contributed by atoms with Crippen molar-refractivity contribution in [2.75, 3.05) is 5.32 Å². The molecular weight excluding hydrogens is 466 g/mol. The van der Waals surface area contributed by atoms with Crippen LogP contribution >= 0.6 is 0 Å². The number of aromatic nitrogens is 4. The summed E-state index contributed by atoms with van der Waals surface area (Å²) in [5.74, 6) is 1.66. The number of hydrogen-bond acceptors (Lipinski definition) is 3. The summed E-state index contributed by atoms with van der Waals surface area (Å²) in [5, 5.41) is 8.67. The molecule has 0 atom stereocenters. The molecule has 0 spiro atoms. The van der Waals surface area contributed by atoms with E-state index in [2.05, 4.69) is 109 Å². The highest BCUT2D eigenvalue weighted by Gasteiger charge is 2.19. The smallest absolute Gasteiger partial charge is 0.209 e. The van der Waals surface area contributed by atoms with Crippen molar-refractivity contribution in [1.29, 1.82) is 0 Å². The minimum atomic E-state index is 0.705. The molecule has 0 aliphatic carbocycles. The molecule has 38 heavy (non-hydrogen) atoms. The second-order valence-corrected chi connectivity index (χ2v) is 9.41. The molecule has 0 fully saturated rings. The molecule has 2 aromatic heterocycles. The Morgan fingerprint density at radius 1 is 0.789 bits per heavy atom. The molecule has 0 amide bonds. The summed E-state index contributed by atoms with van der Waals surface area (Å²) in [6.45, 7) is 4.90. The van der Waals surface area contributed by atoms with Gasteiger partial charge in [0.1, 0.15) is 5.82 Å². The van der Waals surface area contributed by atoms with Gasteiger partial charge in [-0.1, -0.05) is 91.0 Å². The van der Waals surface area contributed by atoms with Gasteiger partial charge in [0.2, 0.25) is 5.95 Å². The Kier molecular flexibility index (Phi) is 6.32. The Hall–Kier alpha value is -4.90. The van der Waals surface area contributed by atoms with Gasteiger partial charge in [0, 0.05) is 5.56 Å². The molecule has 5 nitrogen and oxygen atoms in total. The summed E-state index contributed by atoms with van der Waals surface area (Å²) >= 11 is 0. The van der Waals surface area contributed by atoms with E-state index in [4.69, 9.17) is 10.1 Å². The Labute approximate surface area is 222 Å². The minimum Gasteiger partial charge on any atom is -0.310 e. The van der Waals surface area contributed by atoms with E-state index in [0.717, 1.165) is 39.7 Å². The predicted octanol–water partition coefficient (Wildman–Crippen LogP) is 7.88. The molecule has 0 aliphatic heterocycles. The van der Waals surface area contributed by atoms with Crippen LogP contribution in [0.2, 0.25) is 0 Å². The maximum absolute atomic E-state index is 5.02. The van der Waals surface area contributed by atoms with Gasteiger partial charge in [-0.25, -0.2) is 9.67 Å². The van der Waals surface area contributed by atoms with Gasteiger partial charge in [0.25, 0.3) is 0 Å². The van der Waals surface area contributed by atoms with E-state index in [1.54, 1.807) is 0 Å². The Bertz CT molecular complexity index is 1710. The normalized spacial score (nSPS) is 11.7. The van der Waals surface area contributed by atoms with Crippen LogP contribution in [0.25, 0.3) is 28.4 Å². The third-order valence-corrected chi connectivity index (χ3v) is 6.77. The number of nitrogens with zero attached hydrogens (tertiary/aromatic N) is 4. The van der Waals surface area contributed by atoms with Gasteiger partial charge in [0.15, 0.2) is 0 Å². The van der Waals surface area contributed by atoms with Gasteiger partial charge in [-0.15, -0.1) is 0 Å². The Morgan fingerprint density at radius 2 is 1.42 bits per heavy atom. The molecule has 186 valence electrons. The average molecular weight is 496 g/mol. The number of hydrogen-bond donors (Lipinski definition) is 1. The fourth-order valence-electron chi connectivity index (χ4n) is 4.79. The number of anilines is 2. The number of para-hydroxylation sites is 3. The van der Waals surface area contributed by atoms with Gasteiger partial charge in [0.05, 0.1) is 29.0 Å². The molecule has 5 heteroatoms. The van der Waals surface area contributed by atoms with Crippen molar-refractivity contribution in [2.45, 2.75) is 20.4 Å². The van der Waals surface area contributed by atoms with Gasteiger partial charge in [-0.05, 0) is 60.9 Å². The van der Waals surface area contributed by atoms with Gasteiger partial charge in [-0.3, -0.25) is 0 Å². The number of allylic oxidation sites excluding steroid dienone is 1. The highest BCUT2D eigenvalue weighted by Crippen LogP contribution is 2.32. The van der Waals surface area contributed by atoms with Crippen molar-refractivity contribution >= 4 is 34.4 Å². The Balaban J connectivity index is 1.51. The standard InChI is InChI=1S/C33H29N5/c1-24(27-16-8-4-9-17-27)22-29-25(2)36-38(28-18-10-5-11-19-28)32(29)35-33-34-30-20-12-13-21-31(30)37(33)23-26-14-6-3-7-15-26/h3-22H,23H2,1-2H3,(H,34,35)/b24-22+. The molecule has 6 rings (SSSR count). The number of imidazole rings is 1. The summed E-state index contributed by atoms with van der Waals surface area (Å²) in [5.41, 5.74) is 8.56. The monoisotopic (exact) mass is 495 g/mol. The third kappa shape index (κ3) is 4.62. The number of nitrogens with one attached hydrogen (secondary N) is 1. The Morgan fingerprint density at radius 3 is 2.16 bits per heavy atom. The average Bonchev–Trinajstić information content (AvgIpc) is 3.47. The summed E-state index contributed by atoms with van der Waals surface area (Å²) in [6, 6.07) is 39.4. The topological polar surface area (TPSA) is 47.7 Å². The number of benzene rings is 4. The second-order valence-electron chi connectivity index (χ2n) is 9.41. The van der Waals surface area contributed by atoms with Gasteiger partial charge < -0.3 is 9.88 Å². The van der Waals surface area contributed by atoms with Crippen molar-refractivity contribution in [3.05, 3.63) is 138 Å². The zero-order valence-corrected chi connectivity index (χ0v) is 21.5. The zero-order chi connectivity index (χ0) is 25.9. The number of rotatable bonds is 7. The summed E-state index contributed by atoms with van der Waals surface area (Å²) < 4.78 is 4.21. The first-order valence-electron chi connectivity index (χ1n) is 12.8. The van der Waals surface area contributed by atoms with Crippen molar-refractivity contribution in [3.63, 3.8) is 0 Å². The van der Waals surface area contributed by atoms with Gasteiger partial charge in [-0.2, -0.15) is 5.10 Å². The SMILES string of the molecule is C/C(=C\c1c(C)nn(-c2ccccc2)c1Nc1nc2ccccc2n1Cc1ccccc1)c1ccccc1. The van der Waals surface area contributed by atoms with E-state index in [1.165, 1.54) is 16.7 Å². The van der Waals surface area contributed by atoms with Gasteiger partial charge >= 0.3 is 0 Å². The lowest BCUT2D eigenvalue weighted by atomic mass is 10.0. The largest absolute Gasteiger partial charge is 0.310 e. The molecule has 4 aromatic carbocycles. The van der Waals surface area contributed by atoms with Crippen molar-refractivity contribution in [2.24, 2.45) is 0 Å². The highest BCUT2D eigenvalue weighted by atomic mass is 15.4. The lowest BCUT2D eigenvalue weighted by Crippen LogP contribution is -2.09. The van der Waals surface area contributed by atoms with Crippen LogP contribution in [0.15, 0.2) is 115 Å². The van der Waals surface area contributed by atoms with Crippen LogP contribution in [0.5, 0.6) is 0 Å². The van der Waals surface area contributed by atoms with E-state index >= 15 is 0 Å². The van der Waals surface area contributed by atoms with Crippen molar-refractivity contribution < 1.29 is 0 Å². The first-order valence-corrected chi connectivity index (χ1v) is 12.8. The molecular formula is C33H29N5. The van der Waals surface area contributed by atoms with E-state index < -0.39 is 0 Å². The molecule has 0 unspecified atom stereocenters. The van der Waals surface area contributed by atoms with Crippen LogP contribution in [-0.4, -0.2) is 19.3 Å². The summed E-state index contributed by atoms with van der Waals surface area (Å²) in [4.78, 5) is 5.02. The van der Waals surface area contributed by atoms with Crippen LogP contribution in [-0.2, 0) is 6.54 Å². The molecule has 2 heterocycles. The van der Waals surface area contributed by atoms with Crippen LogP contribution in [0.4, 0.5) is 11.8 Å². The minimum absolute atomic E-state index is 0.705. The van der Waals surface area contributed by atoms with E-state index in [0.29, 0.717) is 6.54 Å². The fraction of sp³-hybridized carbons (Fsp3) is 0.0909. The van der Waals surface area contributed by atoms with E-state index in [-0.39, 0.29) is 0 Å². The molecule has 0 saturated carbocycles. The quantitative estimate of drug-likeness (QED) is 0.245. The first kappa shape index (κ1) is 23.5. The van der Waals surface area contributed by atoms with E-state index in [1.807, 2.05) is 41.1 Å². The molecule has 0 saturated heterocycles. The summed E-state index contributed by atoms with van der Waals surface area (Å²) in [6.07, 6.45) is 2.21. The highest BCUT2D eigenvalue weighted by molar-refractivity contribution is 5.86. The number of aryl methyl sites for hydroxylation is 1. The molecule has 1 N–H and O–H groups in total. The zero-order valence-electron chi connectivity index (χ0n) is 21.5. The second kappa shape index (κ2) is 10.2. The molecule has 0 radical (unpaired) electrons. The van der Waals surface area contributed by atoms with Crippen molar-refractivity contribution in [3.8, 4) is 5.69 Å². The lowest BCUT2D eigenvalue weighted by molar-refractivity contribution is 0.824. The predicted molar refractivity (Wildman–Crippen MR) is 157 cm³/mol. The van der Waals surface area contributed by atoms with Crippen LogP contribution in [0, 0.1) is 6.92 Å². The lowest BCUT2D eigenvalue weighted by Gasteiger charge is -2.14. The molecule has 6 aromatic rings.